The molecule has 6 nitrogen and oxygen atoms in total. The van der Waals surface area contributed by atoms with Gasteiger partial charge in [-0.05, 0) is 36.2 Å². The van der Waals surface area contributed by atoms with E-state index in [1.165, 1.54) is 12.1 Å². The number of aryl methyl sites for hydroxylation is 1. The smallest absolute Gasteiger partial charge is 0.325 e. The molecule has 32 heavy (non-hydrogen) atoms. The molecule has 7 heteroatoms. The first kappa shape index (κ1) is 21.8. The lowest BCUT2D eigenvalue weighted by Crippen LogP contribution is -2.57. The van der Waals surface area contributed by atoms with Crippen molar-refractivity contribution in [1.29, 1.82) is 0 Å². The van der Waals surface area contributed by atoms with E-state index in [0.29, 0.717) is 0 Å². The van der Waals surface area contributed by atoms with Crippen LogP contribution in [0.2, 0.25) is 0 Å². The van der Waals surface area contributed by atoms with Crippen LogP contribution in [-0.2, 0) is 27.7 Å². The van der Waals surface area contributed by atoms with Gasteiger partial charge in [-0.2, -0.15) is 4.72 Å². The van der Waals surface area contributed by atoms with E-state index in [1.54, 1.807) is 30.5 Å². The van der Waals surface area contributed by atoms with Crippen LogP contribution in [0.25, 0.3) is 10.9 Å². The molecule has 0 aliphatic heterocycles. The Balaban J connectivity index is 1.80. The molecule has 0 spiro atoms. The molecule has 4 aromatic rings. The average Bonchev–Trinajstić information content (AvgIpc) is 3.17. The predicted octanol–water partition coefficient (Wildman–Crippen LogP) is 4.06. The maximum Gasteiger partial charge on any atom is 0.325 e. The van der Waals surface area contributed by atoms with Gasteiger partial charge in [-0.25, -0.2) is 8.42 Å². The van der Waals surface area contributed by atoms with Crippen LogP contribution in [0.5, 0.6) is 0 Å². The van der Waals surface area contributed by atoms with Crippen molar-refractivity contribution >= 4 is 26.9 Å². The predicted molar refractivity (Wildman–Crippen MR) is 124 cm³/mol. The minimum Gasteiger partial charge on any atom is -0.480 e. The van der Waals surface area contributed by atoms with E-state index in [2.05, 4.69) is 9.71 Å². The summed E-state index contributed by atoms with van der Waals surface area (Å²) in [5, 5.41) is 11.2. The van der Waals surface area contributed by atoms with Gasteiger partial charge in [0.05, 0.1) is 4.90 Å². The first-order valence-corrected chi connectivity index (χ1v) is 11.7. The largest absolute Gasteiger partial charge is 0.480 e. The molecule has 0 saturated carbocycles. The first-order chi connectivity index (χ1) is 15.3. The highest BCUT2D eigenvalue weighted by Gasteiger charge is 2.43. The number of benzene rings is 3. The molecule has 3 N–H and O–H groups in total. The van der Waals surface area contributed by atoms with Crippen LogP contribution >= 0.6 is 0 Å². The van der Waals surface area contributed by atoms with Crippen LogP contribution < -0.4 is 4.72 Å². The summed E-state index contributed by atoms with van der Waals surface area (Å²) in [4.78, 5) is 15.9. The lowest BCUT2D eigenvalue weighted by molar-refractivity contribution is -0.144. The fourth-order valence-corrected chi connectivity index (χ4v) is 5.27. The van der Waals surface area contributed by atoms with Gasteiger partial charge in [0, 0.05) is 29.9 Å². The molecule has 164 valence electrons. The van der Waals surface area contributed by atoms with Gasteiger partial charge < -0.3 is 10.1 Å². The van der Waals surface area contributed by atoms with Crippen LogP contribution in [0.1, 0.15) is 16.7 Å². The monoisotopic (exact) mass is 448 g/mol. The number of nitrogens with one attached hydrogen (secondary N) is 2. The Morgan fingerprint density at radius 3 is 2.28 bits per heavy atom. The van der Waals surface area contributed by atoms with Gasteiger partial charge in [-0.1, -0.05) is 66.2 Å². The van der Waals surface area contributed by atoms with E-state index >= 15 is 0 Å². The van der Waals surface area contributed by atoms with Gasteiger partial charge >= 0.3 is 5.97 Å². The number of hydrogen-bond donors (Lipinski definition) is 3. The molecule has 0 fully saturated rings. The summed E-state index contributed by atoms with van der Waals surface area (Å²) in [6.07, 6.45) is 1.72. The maximum absolute atomic E-state index is 13.3. The summed E-state index contributed by atoms with van der Waals surface area (Å²) in [5.41, 5.74) is 1.45. The number of rotatable bonds is 8. The Morgan fingerprint density at radius 2 is 1.59 bits per heavy atom. The van der Waals surface area contributed by atoms with Crippen LogP contribution in [0, 0.1) is 6.92 Å². The van der Waals surface area contributed by atoms with Crippen molar-refractivity contribution in [3.63, 3.8) is 0 Å². The Bertz CT molecular complexity index is 1350. The lowest BCUT2D eigenvalue weighted by Gasteiger charge is -2.30. The van der Waals surface area contributed by atoms with Gasteiger partial charge in [0.1, 0.15) is 5.54 Å². The number of carboxylic acid groups (broad SMARTS) is 1. The van der Waals surface area contributed by atoms with Crippen molar-refractivity contribution in [3.05, 3.63) is 102 Å². The Morgan fingerprint density at radius 1 is 0.938 bits per heavy atom. The minimum atomic E-state index is -4.10. The summed E-state index contributed by atoms with van der Waals surface area (Å²) in [6.45, 7) is 1.86. The number of H-pyrrole nitrogens is 1. The zero-order valence-electron chi connectivity index (χ0n) is 17.6. The van der Waals surface area contributed by atoms with Gasteiger partial charge in [0.25, 0.3) is 0 Å². The SMILES string of the molecule is Cc1ccc(S(=O)(=O)N[C@@](Cc2ccccc2)(Cc2c[nH]c3ccccc23)C(=O)O)cc1. The summed E-state index contributed by atoms with van der Waals surface area (Å²) < 4.78 is 29.1. The third-order valence-electron chi connectivity index (χ3n) is 5.59. The number of aromatic amines is 1. The summed E-state index contributed by atoms with van der Waals surface area (Å²) >= 11 is 0. The summed E-state index contributed by atoms with van der Waals surface area (Å²) in [5.74, 6) is -1.23. The molecule has 1 aromatic heterocycles. The maximum atomic E-state index is 13.3. The van der Waals surface area contributed by atoms with Crippen molar-refractivity contribution in [1.82, 2.24) is 9.71 Å². The summed E-state index contributed by atoms with van der Waals surface area (Å²) in [7, 11) is -4.10. The third-order valence-corrected chi connectivity index (χ3v) is 7.14. The Kier molecular flexibility index (Phi) is 5.86. The van der Waals surface area contributed by atoms with Crippen molar-refractivity contribution in [2.24, 2.45) is 0 Å². The van der Waals surface area contributed by atoms with E-state index < -0.39 is 21.5 Å². The quantitative estimate of drug-likeness (QED) is 0.378. The average molecular weight is 449 g/mol. The molecule has 0 aliphatic carbocycles. The highest BCUT2D eigenvalue weighted by atomic mass is 32.2. The van der Waals surface area contributed by atoms with Crippen LogP contribution in [0.4, 0.5) is 0 Å². The van der Waals surface area contributed by atoms with Crippen molar-refractivity contribution in [3.8, 4) is 0 Å². The standard InChI is InChI=1S/C25H24N2O4S/c1-18-11-13-21(14-12-18)32(30,31)27-25(24(28)29,15-19-7-3-2-4-8-19)16-20-17-26-23-10-6-5-9-22(20)23/h2-14,17,26-27H,15-16H2,1H3,(H,28,29)/t25-/m0/s1. The van der Waals surface area contributed by atoms with E-state index in [9.17, 15) is 18.3 Å². The second-order valence-electron chi connectivity index (χ2n) is 8.00. The lowest BCUT2D eigenvalue weighted by atomic mass is 9.85. The highest BCUT2D eigenvalue weighted by Crippen LogP contribution is 2.27. The minimum absolute atomic E-state index is 0.00618. The molecule has 0 bridgehead atoms. The molecule has 0 saturated heterocycles. The Labute approximate surface area is 187 Å². The molecule has 0 aliphatic rings. The van der Waals surface area contributed by atoms with Gasteiger partial charge in [0.2, 0.25) is 10.0 Å². The number of aromatic nitrogens is 1. The van der Waals surface area contributed by atoms with Crippen molar-refractivity contribution < 1.29 is 18.3 Å². The second-order valence-corrected chi connectivity index (χ2v) is 9.69. The zero-order chi connectivity index (χ0) is 22.8. The van der Waals surface area contributed by atoms with Crippen LogP contribution in [0.3, 0.4) is 0 Å². The molecular weight excluding hydrogens is 424 g/mol. The molecule has 1 heterocycles. The molecule has 0 radical (unpaired) electrons. The Hall–Kier alpha value is -3.42. The van der Waals surface area contributed by atoms with Crippen LogP contribution in [0.15, 0.2) is 90.0 Å². The van der Waals surface area contributed by atoms with Crippen LogP contribution in [-0.4, -0.2) is 30.0 Å². The van der Waals surface area contributed by atoms with Gasteiger partial charge in [-0.15, -0.1) is 0 Å². The molecule has 0 amide bonds. The number of sulfonamides is 1. The molecule has 0 unspecified atom stereocenters. The number of hydrogen-bond acceptors (Lipinski definition) is 3. The first-order valence-electron chi connectivity index (χ1n) is 10.2. The van der Waals surface area contributed by atoms with E-state index in [0.717, 1.165) is 27.6 Å². The number of para-hydroxylation sites is 1. The molecular formula is C25H24N2O4S. The fourth-order valence-electron chi connectivity index (χ4n) is 3.91. The number of carbonyl (C=O) groups is 1. The normalized spacial score (nSPS) is 13.7. The summed E-state index contributed by atoms with van der Waals surface area (Å²) in [6, 6.07) is 22.9. The van der Waals surface area contributed by atoms with Crippen molar-refractivity contribution in [2.45, 2.75) is 30.2 Å². The van der Waals surface area contributed by atoms with Gasteiger partial charge in [0.15, 0.2) is 0 Å². The molecule has 4 rings (SSSR count). The molecule has 3 aromatic carbocycles. The number of carboxylic acids is 1. The fraction of sp³-hybridized carbons (Fsp3) is 0.160. The van der Waals surface area contributed by atoms with Gasteiger partial charge in [-0.3, -0.25) is 4.79 Å². The number of aliphatic carboxylic acids is 1. The highest BCUT2D eigenvalue weighted by molar-refractivity contribution is 7.89. The van der Waals surface area contributed by atoms with E-state index in [-0.39, 0.29) is 17.7 Å². The topological polar surface area (TPSA) is 99.3 Å². The zero-order valence-corrected chi connectivity index (χ0v) is 18.4. The molecule has 1 atom stereocenters. The van der Waals surface area contributed by atoms with Crippen molar-refractivity contribution in [2.75, 3.05) is 0 Å². The van der Waals surface area contributed by atoms with E-state index in [4.69, 9.17) is 0 Å². The van der Waals surface area contributed by atoms with E-state index in [1.807, 2.05) is 49.4 Å². The third kappa shape index (κ3) is 4.44. The second kappa shape index (κ2) is 8.61. The number of fused-ring (bicyclic) bond motifs is 1.